The Morgan fingerprint density at radius 2 is 2.19 bits per heavy atom. The SMILES string of the molecule is C=C1OB(c2ccc(OC)nc2)OC1(C)C. The van der Waals surface area contributed by atoms with Crippen LogP contribution in [0.5, 0.6) is 5.88 Å². The van der Waals surface area contributed by atoms with Gasteiger partial charge in [0.1, 0.15) is 5.60 Å². The first-order chi connectivity index (χ1) is 7.53. The normalized spacial score (nSPS) is 18.4. The summed E-state index contributed by atoms with van der Waals surface area (Å²) in [5, 5.41) is 0. The maximum absolute atomic E-state index is 5.72. The monoisotopic (exact) mass is 219 g/mol. The number of aromatic nitrogens is 1. The molecule has 0 atom stereocenters. The molecule has 1 aliphatic heterocycles. The number of ether oxygens (including phenoxy) is 1. The highest BCUT2D eigenvalue weighted by atomic mass is 16.7. The lowest BCUT2D eigenvalue weighted by atomic mass is 9.80. The van der Waals surface area contributed by atoms with Crippen LogP contribution in [-0.4, -0.2) is 24.8 Å². The van der Waals surface area contributed by atoms with Crippen LogP contribution in [0.1, 0.15) is 13.8 Å². The van der Waals surface area contributed by atoms with Gasteiger partial charge in [0.05, 0.1) is 12.9 Å². The summed E-state index contributed by atoms with van der Waals surface area (Å²) < 4.78 is 16.2. The summed E-state index contributed by atoms with van der Waals surface area (Å²) in [5.74, 6) is 1.20. The molecule has 0 saturated carbocycles. The highest BCUT2D eigenvalue weighted by Gasteiger charge is 2.42. The van der Waals surface area contributed by atoms with Crippen molar-refractivity contribution < 1.29 is 14.0 Å². The van der Waals surface area contributed by atoms with E-state index in [2.05, 4.69) is 11.6 Å². The molecule has 0 amide bonds. The molecule has 2 rings (SSSR count). The summed E-state index contributed by atoms with van der Waals surface area (Å²) in [7, 11) is 1.15. The van der Waals surface area contributed by atoms with Crippen LogP contribution in [-0.2, 0) is 9.31 Å². The number of pyridine rings is 1. The Morgan fingerprint density at radius 3 is 2.62 bits per heavy atom. The minimum Gasteiger partial charge on any atom is -0.534 e. The standard InChI is InChI=1S/C11H14BNO3/c1-8-11(2,3)16-12(15-8)9-5-6-10(14-4)13-7-9/h5-7H,1H2,2-4H3. The molecule has 1 aromatic rings. The van der Waals surface area contributed by atoms with Gasteiger partial charge < -0.3 is 14.0 Å². The first kappa shape index (κ1) is 11.0. The molecule has 4 nitrogen and oxygen atoms in total. The molecule has 2 heterocycles. The third kappa shape index (κ3) is 1.90. The van der Waals surface area contributed by atoms with Crippen LogP contribution >= 0.6 is 0 Å². The van der Waals surface area contributed by atoms with Gasteiger partial charge in [0, 0.05) is 11.7 Å². The van der Waals surface area contributed by atoms with Crippen LogP contribution in [0.4, 0.5) is 0 Å². The van der Waals surface area contributed by atoms with Crippen molar-refractivity contribution in [2.24, 2.45) is 0 Å². The van der Waals surface area contributed by atoms with E-state index in [0.29, 0.717) is 11.6 Å². The number of hydrogen-bond donors (Lipinski definition) is 0. The lowest BCUT2D eigenvalue weighted by molar-refractivity contribution is 0.173. The quantitative estimate of drug-likeness (QED) is 0.699. The number of nitrogens with zero attached hydrogens (tertiary/aromatic N) is 1. The van der Waals surface area contributed by atoms with E-state index in [1.807, 2.05) is 19.9 Å². The molecule has 0 unspecified atom stereocenters. The Bertz CT molecular complexity index is 402. The fourth-order valence-corrected chi connectivity index (χ4v) is 1.42. The molecule has 0 aliphatic carbocycles. The van der Waals surface area contributed by atoms with Crippen LogP contribution in [0.15, 0.2) is 30.7 Å². The lowest BCUT2D eigenvalue weighted by Crippen LogP contribution is -2.34. The van der Waals surface area contributed by atoms with E-state index >= 15 is 0 Å². The molecule has 1 aromatic heterocycles. The van der Waals surface area contributed by atoms with Crippen molar-refractivity contribution in [1.29, 1.82) is 0 Å². The van der Waals surface area contributed by atoms with Gasteiger partial charge >= 0.3 is 7.12 Å². The minimum atomic E-state index is -0.454. The van der Waals surface area contributed by atoms with Crippen LogP contribution < -0.4 is 10.2 Å². The molecule has 5 heteroatoms. The summed E-state index contributed by atoms with van der Waals surface area (Å²) in [6.07, 6.45) is 1.68. The van der Waals surface area contributed by atoms with Gasteiger partial charge in [-0.25, -0.2) is 4.98 Å². The summed E-state index contributed by atoms with van der Waals surface area (Å²) in [4.78, 5) is 4.10. The Labute approximate surface area is 95.4 Å². The molecule has 0 bridgehead atoms. The van der Waals surface area contributed by atoms with Gasteiger partial charge in [0.15, 0.2) is 0 Å². The van der Waals surface area contributed by atoms with Crippen molar-refractivity contribution in [2.45, 2.75) is 19.4 Å². The molecule has 1 aliphatic rings. The molecule has 84 valence electrons. The fraction of sp³-hybridized carbons (Fsp3) is 0.364. The summed E-state index contributed by atoms with van der Waals surface area (Å²) >= 11 is 0. The van der Waals surface area contributed by atoms with Gasteiger partial charge in [0.25, 0.3) is 0 Å². The average Bonchev–Trinajstić information content (AvgIpc) is 2.54. The highest BCUT2D eigenvalue weighted by Crippen LogP contribution is 2.28. The Hall–Kier alpha value is -1.49. The van der Waals surface area contributed by atoms with Crippen molar-refractivity contribution in [3.8, 4) is 5.88 Å². The zero-order chi connectivity index (χ0) is 11.8. The first-order valence-corrected chi connectivity index (χ1v) is 5.07. The zero-order valence-corrected chi connectivity index (χ0v) is 9.69. The molecule has 16 heavy (non-hydrogen) atoms. The van der Waals surface area contributed by atoms with Gasteiger partial charge in [-0.2, -0.15) is 0 Å². The van der Waals surface area contributed by atoms with E-state index in [0.717, 1.165) is 5.46 Å². The number of rotatable bonds is 2. The van der Waals surface area contributed by atoms with Crippen molar-refractivity contribution in [1.82, 2.24) is 4.98 Å². The Morgan fingerprint density at radius 1 is 1.44 bits per heavy atom. The number of hydrogen-bond acceptors (Lipinski definition) is 4. The minimum absolute atomic E-state index is 0.430. The van der Waals surface area contributed by atoms with Gasteiger partial charge in [-0.1, -0.05) is 12.6 Å². The predicted octanol–water partition coefficient (Wildman–Crippen LogP) is 1.12. The van der Waals surface area contributed by atoms with E-state index in [1.54, 1.807) is 19.4 Å². The average molecular weight is 219 g/mol. The predicted molar refractivity (Wildman–Crippen MR) is 61.6 cm³/mol. The van der Waals surface area contributed by atoms with Gasteiger partial charge in [0.2, 0.25) is 5.88 Å². The fourth-order valence-electron chi connectivity index (χ4n) is 1.42. The summed E-state index contributed by atoms with van der Waals surface area (Å²) in [5.41, 5.74) is 0.400. The maximum atomic E-state index is 5.72. The third-order valence-electron chi connectivity index (χ3n) is 2.56. The van der Waals surface area contributed by atoms with Crippen molar-refractivity contribution in [3.63, 3.8) is 0 Å². The zero-order valence-electron chi connectivity index (χ0n) is 9.69. The third-order valence-corrected chi connectivity index (χ3v) is 2.56. The molecule has 0 radical (unpaired) electrons. The molecule has 1 fully saturated rings. The van der Waals surface area contributed by atoms with Crippen molar-refractivity contribution >= 4 is 12.6 Å². The van der Waals surface area contributed by atoms with Crippen LogP contribution in [0, 0.1) is 0 Å². The molecular weight excluding hydrogens is 205 g/mol. The summed E-state index contributed by atoms with van der Waals surface area (Å²) in [6, 6.07) is 3.64. The molecule has 1 saturated heterocycles. The maximum Gasteiger partial charge on any atom is 0.564 e. The van der Waals surface area contributed by atoms with E-state index in [-0.39, 0.29) is 0 Å². The molecule has 0 aromatic carbocycles. The molecule has 0 N–H and O–H groups in total. The Balaban J connectivity index is 2.17. The van der Waals surface area contributed by atoms with Gasteiger partial charge in [-0.3, -0.25) is 0 Å². The highest BCUT2D eigenvalue weighted by molar-refractivity contribution is 6.62. The second-order valence-corrected chi connectivity index (χ2v) is 4.14. The second-order valence-electron chi connectivity index (χ2n) is 4.14. The van der Waals surface area contributed by atoms with Crippen molar-refractivity contribution in [3.05, 3.63) is 30.7 Å². The smallest absolute Gasteiger partial charge is 0.534 e. The van der Waals surface area contributed by atoms with Crippen LogP contribution in [0.2, 0.25) is 0 Å². The van der Waals surface area contributed by atoms with Crippen LogP contribution in [0.25, 0.3) is 0 Å². The van der Waals surface area contributed by atoms with Crippen molar-refractivity contribution in [2.75, 3.05) is 7.11 Å². The van der Waals surface area contributed by atoms with Crippen LogP contribution in [0.3, 0.4) is 0 Å². The van der Waals surface area contributed by atoms with E-state index < -0.39 is 12.7 Å². The Kier molecular flexibility index (Phi) is 2.64. The molecular formula is C11H14BNO3. The molecule has 0 spiro atoms. The van der Waals surface area contributed by atoms with Gasteiger partial charge in [-0.05, 0) is 19.9 Å². The van der Waals surface area contributed by atoms with E-state index in [1.165, 1.54) is 0 Å². The largest absolute Gasteiger partial charge is 0.564 e. The van der Waals surface area contributed by atoms with E-state index in [9.17, 15) is 0 Å². The van der Waals surface area contributed by atoms with E-state index in [4.69, 9.17) is 14.0 Å². The number of methoxy groups -OCH3 is 1. The second kappa shape index (κ2) is 3.83. The summed E-state index contributed by atoms with van der Waals surface area (Å²) in [6.45, 7) is 7.67. The topological polar surface area (TPSA) is 40.6 Å². The lowest BCUT2D eigenvalue weighted by Gasteiger charge is -2.15. The van der Waals surface area contributed by atoms with Gasteiger partial charge in [-0.15, -0.1) is 0 Å². The first-order valence-electron chi connectivity index (χ1n) is 5.07.